The molecule has 1 unspecified atom stereocenters. The van der Waals surface area contributed by atoms with Crippen LogP contribution in [-0.4, -0.2) is 47.4 Å². The molecule has 1 amide bonds. The van der Waals surface area contributed by atoms with Crippen LogP contribution in [0.1, 0.15) is 79.9 Å². The monoisotopic (exact) mass is 450 g/mol. The molecule has 3 aliphatic heterocycles. The minimum Gasteiger partial charge on any atom is -0.468 e. The van der Waals surface area contributed by atoms with Crippen molar-refractivity contribution in [2.45, 2.75) is 109 Å². The first kappa shape index (κ1) is 23.1. The first-order valence-electron chi connectivity index (χ1n) is 11.4. The molecule has 0 saturated carbocycles. The molecule has 2 saturated heterocycles. The van der Waals surface area contributed by atoms with E-state index in [1.54, 1.807) is 25.7 Å². The Kier molecular flexibility index (Phi) is 4.87. The lowest BCUT2D eigenvalue weighted by Crippen LogP contribution is -2.47. The normalized spacial score (nSPS) is 26.5. The van der Waals surface area contributed by atoms with Gasteiger partial charge in [-0.2, -0.15) is 0 Å². The average molecular weight is 451 g/mol. The number of hydrogen-bond acceptors (Lipinski definition) is 4. The van der Waals surface area contributed by atoms with E-state index in [4.69, 9.17) is 9.47 Å². The fourth-order valence-corrected chi connectivity index (χ4v) is 5.02. The second-order valence-electron chi connectivity index (χ2n) is 12.5. The van der Waals surface area contributed by atoms with Gasteiger partial charge in [-0.05, 0) is 43.2 Å². The van der Waals surface area contributed by atoms with Crippen molar-refractivity contribution in [3.8, 4) is 5.75 Å². The lowest BCUT2D eigenvalue weighted by atomic mass is 9.79. The molecule has 3 heterocycles. The molecule has 0 bridgehead atoms. The van der Waals surface area contributed by atoms with Crippen LogP contribution in [0.3, 0.4) is 0 Å². The number of fused-ring (bicyclic) bond motifs is 5. The number of carbonyl (C=O) groups is 1. The van der Waals surface area contributed by atoms with Crippen molar-refractivity contribution in [2.24, 2.45) is 0 Å². The minimum absolute atomic E-state index is 0.146. The van der Waals surface area contributed by atoms with Crippen molar-refractivity contribution in [1.29, 1.82) is 0 Å². The summed E-state index contributed by atoms with van der Waals surface area (Å²) in [6.45, 7) is 17.3. The van der Waals surface area contributed by atoms with Crippen molar-refractivity contribution in [2.75, 3.05) is 11.4 Å². The number of anilines is 1. The van der Waals surface area contributed by atoms with Crippen LogP contribution in [0.15, 0.2) is 12.1 Å². The van der Waals surface area contributed by atoms with Gasteiger partial charge in [0.25, 0.3) is 5.92 Å². The molecule has 0 spiro atoms. The predicted octanol–water partition coefficient (Wildman–Crippen LogP) is 5.83. The average Bonchev–Trinajstić information content (AvgIpc) is 3.18. The largest absolute Gasteiger partial charge is 0.468 e. The van der Waals surface area contributed by atoms with Crippen LogP contribution in [0, 0.1) is 0 Å². The van der Waals surface area contributed by atoms with E-state index in [0.717, 1.165) is 11.1 Å². The van der Waals surface area contributed by atoms with Gasteiger partial charge in [0, 0.05) is 12.0 Å². The third-order valence-electron chi connectivity index (χ3n) is 6.54. The third kappa shape index (κ3) is 3.71. The number of amides is 1. The van der Waals surface area contributed by atoms with Crippen LogP contribution in [0.2, 0.25) is 0 Å². The van der Waals surface area contributed by atoms with Gasteiger partial charge >= 0.3 is 6.09 Å². The number of carbonyl (C=O) groups excluding carboxylic acids is 1. The molecule has 0 radical (unpaired) electrons. The number of benzene rings is 1. The lowest BCUT2D eigenvalue weighted by molar-refractivity contribution is -0.0145. The topological polar surface area (TPSA) is 42.0 Å². The number of ether oxygens (including phenoxy) is 2. The standard InChI is InChI=1S/C25H36F2N2O3/c1-22(2,3)14-10-15(23(4,5)6)19-16(11-14)29-18(31-19)12-17-20(29)25(26,27)13-28(17)21(30)32-24(7,8)9/h10-11,17-18,20H,12-13H2,1-9H3/t17-,18?,20+/m0/s1. The van der Waals surface area contributed by atoms with E-state index in [-0.39, 0.29) is 10.8 Å². The summed E-state index contributed by atoms with van der Waals surface area (Å²) in [5, 5.41) is 0. The van der Waals surface area contributed by atoms with Gasteiger partial charge in [0.1, 0.15) is 17.4 Å². The fraction of sp³-hybridized carbons (Fsp3) is 0.720. The summed E-state index contributed by atoms with van der Waals surface area (Å²) >= 11 is 0. The second kappa shape index (κ2) is 6.73. The second-order valence-corrected chi connectivity index (χ2v) is 12.5. The maximum atomic E-state index is 15.4. The van der Waals surface area contributed by atoms with Gasteiger partial charge in [0.05, 0.1) is 18.3 Å². The van der Waals surface area contributed by atoms with E-state index >= 15 is 8.78 Å². The molecule has 2 fully saturated rings. The van der Waals surface area contributed by atoms with Crippen molar-refractivity contribution in [3.05, 3.63) is 23.3 Å². The van der Waals surface area contributed by atoms with Crippen LogP contribution in [0.25, 0.3) is 0 Å². The number of hydrogen-bond donors (Lipinski definition) is 0. The van der Waals surface area contributed by atoms with Crippen LogP contribution in [0.5, 0.6) is 5.75 Å². The maximum absolute atomic E-state index is 15.4. The highest BCUT2D eigenvalue weighted by Gasteiger charge is 2.66. The van der Waals surface area contributed by atoms with Crippen LogP contribution < -0.4 is 9.64 Å². The molecule has 0 aromatic heterocycles. The van der Waals surface area contributed by atoms with Crippen LogP contribution in [0.4, 0.5) is 19.3 Å². The summed E-state index contributed by atoms with van der Waals surface area (Å²) in [6, 6.07) is 2.36. The number of likely N-dealkylation sites (tertiary alicyclic amines) is 1. The zero-order valence-corrected chi connectivity index (χ0v) is 20.7. The van der Waals surface area contributed by atoms with Crippen LogP contribution >= 0.6 is 0 Å². The Labute approximate surface area is 190 Å². The summed E-state index contributed by atoms with van der Waals surface area (Å²) in [5.41, 5.74) is 1.73. The van der Waals surface area contributed by atoms with E-state index in [0.29, 0.717) is 17.9 Å². The van der Waals surface area contributed by atoms with Crippen molar-refractivity contribution in [3.63, 3.8) is 0 Å². The molecular formula is C25H36F2N2O3. The molecule has 0 N–H and O–H groups in total. The molecule has 3 aliphatic rings. The van der Waals surface area contributed by atoms with E-state index in [2.05, 4.69) is 47.6 Å². The molecule has 0 aliphatic carbocycles. The number of rotatable bonds is 0. The molecule has 7 heteroatoms. The van der Waals surface area contributed by atoms with Gasteiger partial charge in [-0.25, -0.2) is 13.6 Å². The summed E-state index contributed by atoms with van der Waals surface area (Å²) in [7, 11) is 0. The van der Waals surface area contributed by atoms with Gasteiger partial charge in [-0.15, -0.1) is 0 Å². The number of nitrogens with zero attached hydrogens (tertiary/aromatic N) is 2. The minimum atomic E-state index is -3.07. The van der Waals surface area contributed by atoms with Crippen molar-refractivity contribution in [1.82, 2.24) is 4.90 Å². The van der Waals surface area contributed by atoms with Crippen molar-refractivity contribution >= 4 is 11.8 Å². The Morgan fingerprint density at radius 2 is 1.69 bits per heavy atom. The molecule has 5 nitrogen and oxygen atoms in total. The summed E-state index contributed by atoms with van der Waals surface area (Å²) in [6.07, 6.45) is -0.889. The molecule has 3 atom stereocenters. The summed E-state index contributed by atoms with van der Waals surface area (Å²) in [4.78, 5) is 15.7. The smallest absolute Gasteiger partial charge is 0.410 e. The number of alkyl halides is 2. The zero-order chi connectivity index (χ0) is 24.0. The van der Waals surface area contributed by atoms with E-state index < -0.39 is 42.5 Å². The quantitative estimate of drug-likeness (QED) is 0.498. The molecule has 178 valence electrons. The first-order chi connectivity index (χ1) is 14.4. The molecule has 32 heavy (non-hydrogen) atoms. The summed E-state index contributed by atoms with van der Waals surface area (Å²) < 4.78 is 42.6. The Hall–Kier alpha value is -2.05. The zero-order valence-electron chi connectivity index (χ0n) is 20.7. The highest BCUT2D eigenvalue weighted by Crippen LogP contribution is 2.55. The van der Waals surface area contributed by atoms with E-state index in [9.17, 15) is 4.79 Å². The SMILES string of the molecule is CC(C)(C)OC(=O)N1CC(F)(F)[C@H]2[C@@H]1CC1Oc3c(cc(C(C)(C)C)cc3C(C)(C)C)N12. The van der Waals surface area contributed by atoms with Gasteiger partial charge in [-0.1, -0.05) is 47.6 Å². The van der Waals surface area contributed by atoms with Gasteiger partial charge < -0.3 is 14.4 Å². The Morgan fingerprint density at radius 3 is 2.22 bits per heavy atom. The third-order valence-corrected chi connectivity index (χ3v) is 6.54. The Bertz CT molecular complexity index is 940. The van der Waals surface area contributed by atoms with Crippen molar-refractivity contribution < 1.29 is 23.0 Å². The molecule has 4 rings (SSSR count). The molecule has 1 aromatic rings. The Morgan fingerprint density at radius 1 is 1.06 bits per heavy atom. The highest BCUT2D eigenvalue weighted by molar-refractivity contribution is 5.74. The van der Waals surface area contributed by atoms with E-state index in [1.165, 1.54) is 4.90 Å². The Balaban J connectivity index is 1.77. The van der Waals surface area contributed by atoms with Gasteiger partial charge in [0.15, 0.2) is 6.23 Å². The van der Waals surface area contributed by atoms with Gasteiger partial charge in [0.2, 0.25) is 0 Å². The summed E-state index contributed by atoms with van der Waals surface area (Å²) in [5.74, 6) is -2.37. The fourth-order valence-electron chi connectivity index (χ4n) is 5.02. The molecule has 1 aromatic carbocycles. The number of halogens is 2. The highest BCUT2D eigenvalue weighted by atomic mass is 19.3. The van der Waals surface area contributed by atoms with E-state index in [1.807, 2.05) is 6.07 Å². The van der Waals surface area contributed by atoms with Crippen LogP contribution in [-0.2, 0) is 15.6 Å². The molecular weight excluding hydrogens is 414 g/mol. The predicted molar refractivity (Wildman–Crippen MR) is 121 cm³/mol. The van der Waals surface area contributed by atoms with Gasteiger partial charge in [-0.3, -0.25) is 4.90 Å². The first-order valence-corrected chi connectivity index (χ1v) is 11.4. The lowest BCUT2D eigenvalue weighted by Gasteiger charge is -2.30. The maximum Gasteiger partial charge on any atom is 0.410 e.